The Balaban J connectivity index is 0.00000192. The number of halogens is 2. The molecule has 0 saturated carbocycles. The van der Waals surface area contributed by atoms with E-state index in [9.17, 15) is 0 Å². The first-order chi connectivity index (χ1) is 20.1. The number of benzene rings is 4. The van der Waals surface area contributed by atoms with Crippen molar-refractivity contribution in [2.45, 2.75) is 63.7 Å². The van der Waals surface area contributed by atoms with Crippen LogP contribution in [0.3, 0.4) is 0 Å². The third-order valence-electron chi connectivity index (χ3n) is 10.5. The number of allylic oxidation sites excluding steroid dienone is 2. The Kier molecular flexibility index (Phi) is 9.20. The molecule has 1 fully saturated rings. The minimum Gasteiger partial charge on any atom is -1.00 e. The van der Waals surface area contributed by atoms with Crippen LogP contribution >= 0.6 is 0 Å². The SMILES string of the molecule is CC(C)(C)C1=Cc2c(-c3ccccc3)cccc2[CH]1[Hf+2]1([CH]2C(C(C)(C)C)=Cc3c(-c4ccccc4)cccc32)[CH2]C[CH2]1.[Cl-].[Cl-]. The molecule has 0 aromatic heterocycles. The largest absolute Gasteiger partial charge is 1.00 e. The summed E-state index contributed by atoms with van der Waals surface area (Å²) in [5.74, 6) is 0. The molecule has 1 aliphatic heterocycles. The molecule has 0 amide bonds. The molecule has 0 radical (unpaired) electrons. The first kappa shape index (κ1) is 33.2. The number of hydrogen-bond donors (Lipinski definition) is 0. The first-order valence-corrected chi connectivity index (χ1v) is 25.1. The summed E-state index contributed by atoms with van der Waals surface area (Å²) in [5, 5.41) is 0. The van der Waals surface area contributed by atoms with E-state index in [2.05, 4.69) is 151 Å². The molecule has 2 atom stereocenters. The molecule has 2 unspecified atom stereocenters. The molecule has 0 N–H and O–H groups in total. The Morgan fingerprint density at radius 1 is 0.500 bits per heavy atom. The molecule has 1 heterocycles. The maximum Gasteiger partial charge on any atom is -1.00 e. The average molecular weight is 786 g/mol. The van der Waals surface area contributed by atoms with Crippen LogP contribution in [0.5, 0.6) is 0 Å². The van der Waals surface area contributed by atoms with Crippen molar-refractivity contribution in [2.24, 2.45) is 10.8 Å². The minimum atomic E-state index is -3.15. The van der Waals surface area contributed by atoms with Gasteiger partial charge >= 0.3 is 259 Å². The van der Waals surface area contributed by atoms with Gasteiger partial charge in [-0.25, -0.2) is 0 Å². The van der Waals surface area contributed by atoms with E-state index >= 15 is 0 Å². The van der Waals surface area contributed by atoms with E-state index < -0.39 is 20.0 Å². The summed E-state index contributed by atoms with van der Waals surface area (Å²) in [7, 11) is 0. The minimum absolute atomic E-state index is 0. The molecule has 0 nitrogen and oxygen atoms in total. The fraction of sp³-hybridized carbons (Fsp3) is 0.317. The van der Waals surface area contributed by atoms with Crippen LogP contribution in [0.4, 0.5) is 0 Å². The second-order valence-corrected chi connectivity index (χ2v) is 31.6. The summed E-state index contributed by atoms with van der Waals surface area (Å²) in [6.45, 7) is 14.8. The number of fused-ring (bicyclic) bond motifs is 2. The number of rotatable bonds is 4. The van der Waals surface area contributed by atoms with E-state index in [-0.39, 0.29) is 35.6 Å². The summed E-state index contributed by atoms with van der Waals surface area (Å²) in [5.41, 5.74) is 15.5. The van der Waals surface area contributed by atoms with Gasteiger partial charge in [0.25, 0.3) is 0 Å². The van der Waals surface area contributed by atoms with Crippen molar-refractivity contribution in [3.8, 4) is 22.3 Å². The van der Waals surface area contributed by atoms with Crippen molar-refractivity contribution >= 4 is 12.2 Å². The van der Waals surface area contributed by atoms with Gasteiger partial charge in [0.15, 0.2) is 0 Å². The quantitative estimate of drug-likeness (QED) is 0.220. The topological polar surface area (TPSA) is 0 Å². The number of hydrogen-bond acceptors (Lipinski definition) is 0. The zero-order valence-corrected chi connectivity index (χ0v) is 32.0. The van der Waals surface area contributed by atoms with Gasteiger partial charge in [0.1, 0.15) is 0 Å². The summed E-state index contributed by atoms with van der Waals surface area (Å²) < 4.78 is 4.25. The molecule has 4 aromatic carbocycles. The third-order valence-corrected chi connectivity index (χ3v) is 32.4. The molecule has 3 aliphatic rings. The van der Waals surface area contributed by atoms with Crippen LogP contribution in [-0.2, 0) is 20.0 Å². The zero-order chi connectivity index (χ0) is 29.3. The molecule has 3 heteroatoms. The van der Waals surface area contributed by atoms with Gasteiger partial charge in [-0.1, -0.05) is 0 Å². The molecule has 0 spiro atoms. The van der Waals surface area contributed by atoms with Crippen molar-refractivity contribution in [3.05, 3.63) is 130 Å². The van der Waals surface area contributed by atoms with Crippen LogP contribution < -0.4 is 24.8 Å². The van der Waals surface area contributed by atoms with Crippen molar-refractivity contribution < 1.29 is 44.8 Å². The standard InChI is InChI=1S/2C19H19.C3H6.2ClH.Hf/c2*1-19(2,3)16-12-15-10-7-11-17(18(15)13-16)14-8-5-4-6-9-14;1-3-2;;;/h2*4-13H,1-3H3;1-3H2;2*1H;/q;;;;;+2/p-2. The maximum atomic E-state index is 2.65. The molecule has 2 aliphatic carbocycles. The Morgan fingerprint density at radius 3 is 1.20 bits per heavy atom. The van der Waals surface area contributed by atoms with Crippen LogP contribution in [0, 0.1) is 10.8 Å². The van der Waals surface area contributed by atoms with Gasteiger partial charge in [0, 0.05) is 0 Å². The van der Waals surface area contributed by atoms with E-state index in [1.165, 1.54) is 48.2 Å². The Labute approximate surface area is 282 Å². The van der Waals surface area contributed by atoms with Crippen molar-refractivity contribution in [1.29, 1.82) is 0 Å². The molecular weight excluding hydrogens is 742 g/mol. The van der Waals surface area contributed by atoms with Gasteiger partial charge < -0.3 is 24.8 Å². The van der Waals surface area contributed by atoms with E-state index in [1.54, 1.807) is 22.3 Å². The van der Waals surface area contributed by atoms with Gasteiger partial charge in [0.05, 0.1) is 0 Å². The second kappa shape index (κ2) is 12.2. The predicted octanol–water partition coefficient (Wildman–Crippen LogP) is 6.09. The fourth-order valence-electron chi connectivity index (χ4n) is 8.41. The molecule has 4 aromatic rings. The van der Waals surface area contributed by atoms with Crippen molar-refractivity contribution in [2.75, 3.05) is 0 Å². The maximum absolute atomic E-state index is 3.15. The normalized spacial score (nSPS) is 19.1. The molecule has 226 valence electrons. The van der Waals surface area contributed by atoms with Gasteiger partial charge in [-0.05, 0) is 0 Å². The van der Waals surface area contributed by atoms with Crippen LogP contribution in [-0.4, -0.2) is 0 Å². The Bertz CT molecular complexity index is 1590. The summed E-state index contributed by atoms with van der Waals surface area (Å²) >= 11 is -3.15. The van der Waals surface area contributed by atoms with Gasteiger partial charge in [-0.3, -0.25) is 0 Å². The average Bonchev–Trinajstić information content (AvgIpc) is 3.54. The van der Waals surface area contributed by atoms with Crippen molar-refractivity contribution in [3.63, 3.8) is 0 Å². The third kappa shape index (κ3) is 5.36. The van der Waals surface area contributed by atoms with Gasteiger partial charge in [-0.15, -0.1) is 0 Å². The molecule has 1 saturated heterocycles. The monoisotopic (exact) mass is 786 g/mol. The molecule has 7 rings (SSSR count). The summed E-state index contributed by atoms with van der Waals surface area (Å²) in [4.78, 5) is 0. The summed E-state index contributed by atoms with van der Waals surface area (Å²) in [6.07, 6.45) is 6.71. The van der Waals surface area contributed by atoms with E-state index in [1.807, 2.05) is 0 Å². The molecular formula is C41H44Cl2Hf. The van der Waals surface area contributed by atoms with E-state index in [0.29, 0.717) is 7.35 Å². The first-order valence-electron chi connectivity index (χ1n) is 15.9. The van der Waals surface area contributed by atoms with E-state index in [4.69, 9.17) is 0 Å². The Hall–Kier alpha value is -2.19. The molecule has 44 heavy (non-hydrogen) atoms. The second-order valence-electron chi connectivity index (χ2n) is 15.0. The van der Waals surface area contributed by atoms with Crippen LogP contribution in [0.15, 0.2) is 108 Å². The fourth-order valence-corrected chi connectivity index (χ4v) is 32.4. The summed E-state index contributed by atoms with van der Waals surface area (Å²) in [6, 6.07) is 36.6. The molecule has 0 bridgehead atoms. The van der Waals surface area contributed by atoms with Crippen LogP contribution in [0.25, 0.3) is 34.4 Å². The van der Waals surface area contributed by atoms with E-state index in [0.717, 1.165) is 0 Å². The predicted molar refractivity (Wildman–Crippen MR) is 178 cm³/mol. The van der Waals surface area contributed by atoms with Crippen LogP contribution in [0.2, 0.25) is 8.35 Å². The van der Waals surface area contributed by atoms with Crippen molar-refractivity contribution in [1.82, 2.24) is 0 Å². The Morgan fingerprint density at radius 2 is 0.886 bits per heavy atom. The smallest absolute Gasteiger partial charge is 1.00 e. The van der Waals surface area contributed by atoms with Crippen LogP contribution in [0.1, 0.15) is 77.6 Å². The zero-order valence-electron chi connectivity index (χ0n) is 26.9. The van der Waals surface area contributed by atoms with Gasteiger partial charge in [-0.2, -0.15) is 0 Å². The van der Waals surface area contributed by atoms with Gasteiger partial charge in [0.2, 0.25) is 0 Å².